The van der Waals surface area contributed by atoms with Crippen molar-refractivity contribution in [1.82, 2.24) is 14.9 Å². The summed E-state index contributed by atoms with van der Waals surface area (Å²) in [6.07, 6.45) is -1.63. The van der Waals surface area contributed by atoms with Gasteiger partial charge in [-0.05, 0) is 61.8 Å². The van der Waals surface area contributed by atoms with Gasteiger partial charge in [0, 0.05) is 18.4 Å². The second kappa shape index (κ2) is 8.74. The SMILES string of the molecule is O=C(Cl)c1cnc(Nc2ccc(OCCN3CCCC3)cc2)nc1C(F)(F)F. The van der Waals surface area contributed by atoms with Crippen LogP contribution in [0.5, 0.6) is 5.75 Å². The molecule has 0 aliphatic carbocycles. The van der Waals surface area contributed by atoms with Crippen molar-refractivity contribution in [2.45, 2.75) is 19.0 Å². The average molecular weight is 415 g/mol. The summed E-state index contributed by atoms with van der Waals surface area (Å²) in [6.45, 7) is 3.62. The number of nitrogens with one attached hydrogen (secondary N) is 1. The molecule has 0 radical (unpaired) electrons. The van der Waals surface area contributed by atoms with E-state index >= 15 is 0 Å². The van der Waals surface area contributed by atoms with E-state index in [0.717, 1.165) is 25.8 Å². The van der Waals surface area contributed by atoms with Crippen molar-refractivity contribution in [3.63, 3.8) is 0 Å². The summed E-state index contributed by atoms with van der Waals surface area (Å²) in [6, 6.07) is 6.69. The van der Waals surface area contributed by atoms with Gasteiger partial charge in [0.05, 0.1) is 5.56 Å². The van der Waals surface area contributed by atoms with Gasteiger partial charge in [0.15, 0.2) is 5.69 Å². The van der Waals surface area contributed by atoms with E-state index in [-0.39, 0.29) is 5.95 Å². The lowest BCUT2D eigenvalue weighted by Gasteiger charge is -2.15. The van der Waals surface area contributed by atoms with Gasteiger partial charge in [0.1, 0.15) is 12.4 Å². The number of likely N-dealkylation sites (tertiary alicyclic amines) is 1. The lowest BCUT2D eigenvalue weighted by atomic mass is 10.2. The molecule has 0 spiro atoms. The Balaban J connectivity index is 1.62. The van der Waals surface area contributed by atoms with Crippen molar-refractivity contribution >= 4 is 28.5 Å². The summed E-state index contributed by atoms with van der Waals surface area (Å²) >= 11 is 5.17. The molecule has 0 atom stereocenters. The highest BCUT2D eigenvalue weighted by Gasteiger charge is 2.37. The van der Waals surface area contributed by atoms with Crippen LogP contribution in [0.15, 0.2) is 30.5 Å². The van der Waals surface area contributed by atoms with Crippen LogP contribution in [0.25, 0.3) is 0 Å². The first-order chi connectivity index (χ1) is 13.3. The molecule has 0 unspecified atom stereocenters. The van der Waals surface area contributed by atoms with E-state index in [2.05, 4.69) is 20.2 Å². The predicted molar refractivity (Wildman–Crippen MR) is 98.1 cm³/mol. The first-order valence-corrected chi connectivity index (χ1v) is 9.07. The highest BCUT2D eigenvalue weighted by molar-refractivity contribution is 6.67. The number of benzene rings is 1. The number of carbonyl (C=O) groups excluding carboxylic acids is 1. The number of hydrogen-bond acceptors (Lipinski definition) is 6. The van der Waals surface area contributed by atoms with Crippen molar-refractivity contribution in [3.05, 3.63) is 41.7 Å². The summed E-state index contributed by atoms with van der Waals surface area (Å²) in [5.74, 6) is 0.362. The summed E-state index contributed by atoms with van der Waals surface area (Å²) in [7, 11) is 0. The van der Waals surface area contributed by atoms with Crippen molar-refractivity contribution < 1.29 is 22.7 Å². The maximum Gasteiger partial charge on any atom is 0.434 e. The molecule has 1 aliphatic heterocycles. The Labute approximate surface area is 164 Å². The number of rotatable bonds is 7. The van der Waals surface area contributed by atoms with Crippen molar-refractivity contribution in [2.75, 3.05) is 31.6 Å². The van der Waals surface area contributed by atoms with Gasteiger partial charge >= 0.3 is 6.18 Å². The third kappa shape index (κ3) is 5.32. The van der Waals surface area contributed by atoms with E-state index in [1.807, 2.05) is 0 Å². The fourth-order valence-electron chi connectivity index (χ4n) is 2.86. The van der Waals surface area contributed by atoms with Crippen molar-refractivity contribution in [1.29, 1.82) is 0 Å². The zero-order valence-corrected chi connectivity index (χ0v) is 15.6. The van der Waals surface area contributed by atoms with E-state index in [9.17, 15) is 18.0 Å². The minimum atomic E-state index is -4.83. The van der Waals surface area contributed by atoms with Crippen LogP contribution in [0.1, 0.15) is 28.9 Å². The molecule has 1 aromatic carbocycles. The molecule has 6 nitrogen and oxygen atoms in total. The zero-order chi connectivity index (χ0) is 20.1. The highest BCUT2D eigenvalue weighted by Crippen LogP contribution is 2.32. The Morgan fingerprint density at radius 3 is 2.50 bits per heavy atom. The number of halogens is 4. The molecule has 2 heterocycles. The normalized spacial score (nSPS) is 14.9. The summed E-state index contributed by atoms with van der Waals surface area (Å²) in [5, 5.41) is 1.40. The van der Waals surface area contributed by atoms with Gasteiger partial charge in [-0.2, -0.15) is 13.2 Å². The van der Waals surface area contributed by atoms with Crippen molar-refractivity contribution in [3.8, 4) is 5.75 Å². The molecule has 1 fully saturated rings. The molecule has 0 saturated carbocycles. The molecule has 1 N–H and O–H groups in total. The third-order valence-electron chi connectivity index (χ3n) is 4.25. The van der Waals surface area contributed by atoms with E-state index in [0.29, 0.717) is 18.0 Å². The average Bonchev–Trinajstić information content (AvgIpc) is 3.16. The number of anilines is 2. The molecule has 0 bridgehead atoms. The lowest BCUT2D eigenvalue weighted by Crippen LogP contribution is -2.25. The predicted octanol–water partition coefficient (Wildman–Crippen LogP) is 4.09. The highest BCUT2D eigenvalue weighted by atomic mass is 35.5. The molecule has 1 aromatic heterocycles. The molecule has 10 heteroatoms. The van der Waals surface area contributed by atoms with Crippen LogP contribution >= 0.6 is 11.6 Å². The Hall–Kier alpha value is -2.39. The second-order valence-electron chi connectivity index (χ2n) is 6.27. The smallest absolute Gasteiger partial charge is 0.434 e. The molecule has 150 valence electrons. The molecular weight excluding hydrogens is 397 g/mol. The zero-order valence-electron chi connectivity index (χ0n) is 14.8. The maximum atomic E-state index is 13.1. The van der Waals surface area contributed by atoms with E-state index in [4.69, 9.17) is 16.3 Å². The van der Waals surface area contributed by atoms with Crippen LogP contribution in [0.2, 0.25) is 0 Å². The van der Waals surface area contributed by atoms with E-state index in [1.165, 1.54) is 12.8 Å². The van der Waals surface area contributed by atoms with Gasteiger partial charge in [0.2, 0.25) is 5.95 Å². The van der Waals surface area contributed by atoms with E-state index < -0.39 is 22.7 Å². The number of nitrogens with zero attached hydrogens (tertiary/aromatic N) is 3. The van der Waals surface area contributed by atoms with Crippen LogP contribution in [0.3, 0.4) is 0 Å². The molecular formula is C18H18ClF3N4O2. The number of alkyl halides is 3. The Bertz CT molecular complexity index is 825. The van der Waals surface area contributed by atoms with Gasteiger partial charge in [0.25, 0.3) is 5.24 Å². The van der Waals surface area contributed by atoms with Gasteiger partial charge in [-0.25, -0.2) is 9.97 Å². The van der Waals surface area contributed by atoms with Crippen molar-refractivity contribution in [2.24, 2.45) is 0 Å². The molecule has 0 amide bonds. The van der Waals surface area contributed by atoms with Crippen LogP contribution in [0.4, 0.5) is 24.8 Å². The minimum Gasteiger partial charge on any atom is -0.492 e. The number of ether oxygens (including phenoxy) is 1. The molecule has 2 aromatic rings. The fraction of sp³-hybridized carbons (Fsp3) is 0.389. The Morgan fingerprint density at radius 2 is 1.89 bits per heavy atom. The maximum absolute atomic E-state index is 13.1. The van der Waals surface area contributed by atoms with Crippen LogP contribution in [-0.4, -0.2) is 46.4 Å². The summed E-state index contributed by atoms with van der Waals surface area (Å²) < 4.78 is 44.9. The minimum absolute atomic E-state index is 0.295. The molecule has 1 aliphatic rings. The molecule has 1 saturated heterocycles. The van der Waals surface area contributed by atoms with Gasteiger partial charge in [-0.1, -0.05) is 0 Å². The Kier molecular flexibility index (Phi) is 6.35. The first-order valence-electron chi connectivity index (χ1n) is 8.69. The van der Waals surface area contributed by atoms with Gasteiger partial charge in [-0.3, -0.25) is 9.69 Å². The summed E-state index contributed by atoms with van der Waals surface area (Å²) in [5.41, 5.74) is -1.70. The van der Waals surface area contributed by atoms with Gasteiger partial charge in [-0.15, -0.1) is 0 Å². The second-order valence-corrected chi connectivity index (χ2v) is 6.62. The van der Waals surface area contributed by atoms with E-state index in [1.54, 1.807) is 24.3 Å². The Morgan fingerprint density at radius 1 is 1.21 bits per heavy atom. The number of carbonyl (C=O) groups is 1. The molecule has 28 heavy (non-hydrogen) atoms. The number of hydrogen-bond donors (Lipinski definition) is 1. The largest absolute Gasteiger partial charge is 0.492 e. The lowest BCUT2D eigenvalue weighted by molar-refractivity contribution is -0.141. The standard InChI is InChI=1S/C18H18ClF3N4O2/c19-16(27)14-11-23-17(25-15(14)18(20,21)22)24-12-3-5-13(6-4-12)28-10-9-26-7-1-2-8-26/h3-6,11H,1-2,7-10H2,(H,23,24,25). The van der Waals surface area contributed by atoms with Crippen LogP contribution < -0.4 is 10.1 Å². The quantitative estimate of drug-likeness (QED) is 0.688. The van der Waals surface area contributed by atoms with Crippen LogP contribution in [-0.2, 0) is 6.18 Å². The summed E-state index contributed by atoms with van der Waals surface area (Å²) in [4.78, 5) is 20.6. The topological polar surface area (TPSA) is 67.3 Å². The molecule has 3 rings (SSSR count). The third-order valence-corrected chi connectivity index (χ3v) is 4.46. The van der Waals surface area contributed by atoms with Gasteiger partial charge < -0.3 is 10.1 Å². The fourth-order valence-corrected chi connectivity index (χ4v) is 3.00. The first kappa shape index (κ1) is 20.3. The van der Waals surface area contributed by atoms with Crippen LogP contribution in [0, 0.1) is 0 Å². The number of aromatic nitrogens is 2. The monoisotopic (exact) mass is 414 g/mol.